The van der Waals surface area contributed by atoms with Gasteiger partial charge in [-0.3, -0.25) is 9.36 Å². The van der Waals surface area contributed by atoms with Crippen molar-refractivity contribution >= 4 is 22.7 Å². The maximum absolute atomic E-state index is 12.5. The van der Waals surface area contributed by atoms with Crippen LogP contribution in [0.3, 0.4) is 0 Å². The van der Waals surface area contributed by atoms with E-state index in [0.717, 1.165) is 16.6 Å². The number of rotatable bonds is 3. The normalized spacial score (nSPS) is 10.7. The van der Waals surface area contributed by atoms with Gasteiger partial charge in [-0.25, -0.2) is 4.98 Å². The smallest absolute Gasteiger partial charge is 0.261 e. The zero-order valence-electron chi connectivity index (χ0n) is 12.9. The minimum Gasteiger partial charge on any atom is -0.290 e. The summed E-state index contributed by atoms with van der Waals surface area (Å²) in [7, 11) is 1.75. The molecule has 1 heterocycles. The van der Waals surface area contributed by atoms with E-state index in [2.05, 4.69) is 11.1 Å². The lowest BCUT2D eigenvalue weighted by Gasteiger charge is -2.09. The highest BCUT2D eigenvalue weighted by molar-refractivity contribution is 7.98. The first-order valence-electron chi connectivity index (χ1n) is 7.18. The van der Waals surface area contributed by atoms with E-state index in [1.54, 1.807) is 23.7 Å². The Morgan fingerprint density at radius 1 is 1.22 bits per heavy atom. The van der Waals surface area contributed by atoms with E-state index in [9.17, 15) is 4.79 Å². The number of nitriles is 1. The molecule has 1 aromatic heterocycles. The van der Waals surface area contributed by atoms with E-state index in [-0.39, 0.29) is 5.56 Å². The van der Waals surface area contributed by atoms with Crippen LogP contribution in [0, 0.1) is 18.3 Å². The van der Waals surface area contributed by atoms with Crippen LogP contribution in [-0.2, 0) is 12.8 Å². The van der Waals surface area contributed by atoms with Gasteiger partial charge < -0.3 is 0 Å². The summed E-state index contributed by atoms with van der Waals surface area (Å²) in [4.78, 5) is 17.1. The summed E-state index contributed by atoms with van der Waals surface area (Å²) >= 11 is 1.52. The highest BCUT2D eigenvalue weighted by Crippen LogP contribution is 2.22. The van der Waals surface area contributed by atoms with E-state index in [0.29, 0.717) is 21.9 Å². The van der Waals surface area contributed by atoms with Gasteiger partial charge in [0.25, 0.3) is 5.56 Å². The molecule has 0 aliphatic heterocycles. The third kappa shape index (κ3) is 3.13. The van der Waals surface area contributed by atoms with Gasteiger partial charge in [-0.05, 0) is 36.8 Å². The van der Waals surface area contributed by atoms with Crippen molar-refractivity contribution in [1.82, 2.24) is 9.55 Å². The zero-order valence-corrected chi connectivity index (χ0v) is 13.7. The molecule has 0 unspecified atom stereocenters. The summed E-state index contributed by atoms with van der Waals surface area (Å²) < 4.78 is 1.59. The molecule has 0 saturated heterocycles. The Labute approximate surface area is 138 Å². The van der Waals surface area contributed by atoms with Crippen molar-refractivity contribution in [3.05, 3.63) is 69.5 Å². The Bertz CT molecular complexity index is 968. The Morgan fingerprint density at radius 2 is 1.96 bits per heavy atom. The van der Waals surface area contributed by atoms with Crippen LogP contribution in [0.25, 0.3) is 10.9 Å². The van der Waals surface area contributed by atoms with Crippen molar-refractivity contribution in [2.75, 3.05) is 0 Å². The van der Waals surface area contributed by atoms with Gasteiger partial charge in [0.15, 0.2) is 5.16 Å². The molecular formula is C18H15N3OS. The second-order valence-corrected chi connectivity index (χ2v) is 6.32. The quantitative estimate of drug-likeness (QED) is 0.548. The summed E-state index contributed by atoms with van der Waals surface area (Å²) in [5, 5.41) is 10.2. The fourth-order valence-corrected chi connectivity index (χ4v) is 3.24. The molecule has 0 bridgehead atoms. The number of benzene rings is 2. The summed E-state index contributed by atoms with van der Waals surface area (Å²) in [6.07, 6.45) is 0. The van der Waals surface area contributed by atoms with Gasteiger partial charge in [0, 0.05) is 12.8 Å². The van der Waals surface area contributed by atoms with Crippen LogP contribution in [0.15, 0.2) is 52.4 Å². The number of hydrogen-bond acceptors (Lipinski definition) is 4. The SMILES string of the molecule is Cc1ccc2nc(SCc3ccc(C#N)cc3)n(C)c(=O)c2c1. The molecule has 0 aliphatic carbocycles. The number of aromatic nitrogens is 2. The maximum Gasteiger partial charge on any atom is 0.261 e. The predicted octanol–water partition coefficient (Wildman–Crippen LogP) is 3.41. The lowest BCUT2D eigenvalue weighted by atomic mass is 10.2. The van der Waals surface area contributed by atoms with Crippen molar-refractivity contribution in [2.45, 2.75) is 17.8 Å². The van der Waals surface area contributed by atoms with E-state index >= 15 is 0 Å². The fourth-order valence-electron chi connectivity index (χ4n) is 2.32. The minimum atomic E-state index is -0.0268. The van der Waals surface area contributed by atoms with Crippen LogP contribution in [0.4, 0.5) is 0 Å². The fraction of sp³-hybridized carbons (Fsp3) is 0.167. The molecule has 0 spiro atoms. The highest BCUT2D eigenvalue weighted by atomic mass is 32.2. The first kappa shape index (κ1) is 15.3. The van der Waals surface area contributed by atoms with Crippen LogP contribution in [0.2, 0.25) is 0 Å². The standard InChI is InChI=1S/C18H15N3OS/c1-12-3-8-16-15(9-12)17(22)21(2)18(20-16)23-11-14-6-4-13(10-19)5-7-14/h3-9H,11H2,1-2H3. The van der Waals surface area contributed by atoms with Gasteiger partial charge >= 0.3 is 0 Å². The van der Waals surface area contributed by atoms with Crippen LogP contribution in [0.1, 0.15) is 16.7 Å². The monoisotopic (exact) mass is 321 g/mol. The molecular weight excluding hydrogens is 306 g/mol. The largest absolute Gasteiger partial charge is 0.290 e. The number of aryl methyl sites for hydroxylation is 1. The number of hydrogen-bond donors (Lipinski definition) is 0. The number of thioether (sulfide) groups is 1. The van der Waals surface area contributed by atoms with Gasteiger partial charge in [0.1, 0.15) is 0 Å². The maximum atomic E-state index is 12.5. The van der Waals surface area contributed by atoms with Crippen molar-refractivity contribution in [3.8, 4) is 6.07 Å². The summed E-state index contributed by atoms with van der Waals surface area (Å²) in [5.74, 6) is 0.698. The Balaban J connectivity index is 1.91. The van der Waals surface area contributed by atoms with E-state index in [1.807, 2.05) is 37.3 Å². The van der Waals surface area contributed by atoms with Crippen LogP contribution >= 0.6 is 11.8 Å². The molecule has 0 amide bonds. The van der Waals surface area contributed by atoms with Crippen LogP contribution < -0.4 is 5.56 Å². The van der Waals surface area contributed by atoms with Gasteiger partial charge in [0.05, 0.1) is 22.5 Å². The van der Waals surface area contributed by atoms with Crippen molar-refractivity contribution in [3.63, 3.8) is 0 Å². The van der Waals surface area contributed by atoms with Crippen LogP contribution in [0.5, 0.6) is 0 Å². The number of nitrogens with zero attached hydrogens (tertiary/aromatic N) is 3. The van der Waals surface area contributed by atoms with Crippen molar-refractivity contribution < 1.29 is 0 Å². The van der Waals surface area contributed by atoms with E-state index < -0.39 is 0 Å². The third-order valence-corrected chi connectivity index (χ3v) is 4.74. The average Bonchev–Trinajstić information content (AvgIpc) is 2.58. The molecule has 0 N–H and O–H groups in total. The second kappa shape index (κ2) is 6.27. The third-order valence-electron chi connectivity index (χ3n) is 3.64. The van der Waals surface area contributed by atoms with E-state index in [4.69, 9.17) is 5.26 Å². The summed E-state index contributed by atoms with van der Waals surface area (Å²) in [6.45, 7) is 1.96. The molecule has 23 heavy (non-hydrogen) atoms. The lowest BCUT2D eigenvalue weighted by Crippen LogP contribution is -2.20. The van der Waals surface area contributed by atoms with Crippen LogP contribution in [-0.4, -0.2) is 9.55 Å². The predicted molar refractivity (Wildman–Crippen MR) is 92.4 cm³/mol. The molecule has 0 fully saturated rings. The summed E-state index contributed by atoms with van der Waals surface area (Å²) in [6, 6.07) is 15.3. The van der Waals surface area contributed by atoms with Gasteiger partial charge in [-0.1, -0.05) is 35.5 Å². The molecule has 0 atom stereocenters. The second-order valence-electron chi connectivity index (χ2n) is 5.38. The minimum absolute atomic E-state index is 0.0268. The zero-order chi connectivity index (χ0) is 16.4. The number of fused-ring (bicyclic) bond motifs is 1. The van der Waals surface area contributed by atoms with Gasteiger partial charge in [0.2, 0.25) is 0 Å². The van der Waals surface area contributed by atoms with Gasteiger partial charge in [-0.2, -0.15) is 5.26 Å². The van der Waals surface area contributed by atoms with Crippen molar-refractivity contribution in [1.29, 1.82) is 5.26 Å². The molecule has 2 aromatic carbocycles. The molecule has 114 valence electrons. The average molecular weight is 321 g/mol. The van der Waals surface area contributed by atoms with Gasteiger partial charge in [-0.15, -0.1) is 0 Å². The molecule has 5 heteroatoms. The topological polar surface area (TPSA) is 58.7 Å². The molecule has 4 nitrogen and oxygen atoms in total. The summed E-state index contributed by atoms with van der Waals surface area (Å²) in [5.41, 5.74) is 3.48. The first-order chi connectivity index (χ1) is 11.1. The lowest BCUT2D eigenvalue weighted by molar-refractivity contribution is 0.726. The Morgan fingerprint density at radius 3 is 2.65 bits per heavy atom. The molecule has 3 rings (SSSR count). The first-order valence-corrected chi connectivity index (χ1v) is 8.16. The molecule has 0 aliphatic rings. The van der Waals surface area contributed by atoms with E-state index in [1.165, 1.54) is 11.8 Å². The molecule has 3 aromatic rings. The van der Waals surface area contributed by atoms with Crippen molar-refractivity contribution in [2.24, 2.45) is 7.05 Å². The molecule has 0 saturated carbocycles. The Hall–Kier alpha value is -2.58. The highest BCUT2D eigenvalue weighted by Gasteiger charge is 2.09. The Kier molecular flexibility index (Phi) is 4.18. The molecule has 0 radical (unpaired) electrons.